The molecule has 1 heterocycles. The highest BCUT2D eigenvalue weighted by molar-refractivity contribution is 7.10. The highest BCUT2D eigenvalue weighted by Gasteiger charge is 2.37. The van der Waals surface area contributed by atoms with E-state index in [-0.39, 0.29) is 11.1 Å². The summed E-state index contributed by atoms with van der Waals surface area (Å²) in [6.07, 6.45) is 4.28. The largest absolute Gasteiger partial charge is 0.347 e. The lowest BCUT2D eigenvalue weighted by Crippen LogP contribution is -2.43. The molecule has 0 radical (unpaired) electrons. The number of carbonyl (C=O) groups excluding carboxylic acids is 2. The first-order valence-electron chi connectivity index (χ1n) is 8.39. The highest BCUT2D eigenvalue weighted by atomic mass is 32.1. The third kappa shape index (κ3) is 3.90. The first-order chi connectivity index (χ1) is 12.0. The van der Waals surface area contributed by atoms with Crippen LogP contribution in [0.5, 0.6) is 0 Å². The number of carbonyl (C=O) groups is 2. The van der Waals surface area contributed by atoms with Crippen LogP contribution in [0.2, 0.25) is 0 Å². The molecule has 132 valence electrons. The van der Waals surface area contributed by atoms with Crippen LogP contribution in [-0.4, -0.2) is 18.4 Å². The number of rotatable bonds is 4. The molecule has 6 heteroatoms. The summed E-state index contributed by atoms with van der Waals surface area (Å²) in [6.45, 7) is 2.08. The Hall–Kier alpha value is -2.21. The van der Waals surface area contributed by atoms with Crippen LogP contribution in [-0.2, 0) is 15.0 Å². The van der Waals surface area contributed by atoms with Gasteiger partial charge in [-0.05, 0) is 48.9 Å². The van der Waals surface area contributed by atoms with Gasteiger partial charge < -0.3 is 10.6 Å². The van der Waals surface area contributed by atoms with Gasteiger partial charge in [0.15, 0.2) is 0 Å². The maximum absolute atomic E-state index is 13.5. The van der Waals surface area contributed by atoms with Gasteiger partial charge in [-0.25, -0.2) is 4.39 Å². The third-order valence-electron chi connectivity index (χ3n) is 4.83. The molecule has 1 aliphatic carbocycles. The minimum absolute atomic E-state index is 0.0694. The maximum Gasteiger partial charge on any atom is 0.313 e. The van der Waals surface area contributed by atoms with Gasteiger partial charge in [0, 0.05) is 22.5 Å². The van der Waals surface area contributed by atoms with Crippen LogP contribution in [0.3, 0.4) is 0 Å². The summed E-state index contributed by atoms with van der Waals surface area (Å²) in [5.41, 5.74) is 0.693. The van der Waals surface area contributed by atoms with Gasteiger partial charge in [-0.3, -0.25) is 9.59 Å². The van der Waals surface area contributed by atoms with Crippen molar-refractivity contribution in [2.45, 2.75) is 38.0 Å². The summed E-state index contributed by atoms with van der Waals surface area (Å²) in [7, 11) is 0. The van der Waals surface area contributed by atoms with Gasteiger partial charge in [-0.2, -0.15) is 0 Å². The van der Waals surface area contributed by atoms with Gasteiger partial charge in [0.25, 0.3) is 0 Å². The molecule has 1 saturated carbocycles. The van der Waals surface area contributed by atoms with Gasteiger partial charge in [0.05, 0.1) is 0 Å². The quantitative estimate of drug-likeness (QED) is 0.816. The summed E-state index contributed by atoms with van der Waals surface area (Å²) < 4.78 is 13.5. The Bertz CT molecular complexity index is 768. The molecule has 0 aliphatic heterocycles. The number of benzene rings is 1. The van der Waals surface area contributed by atoms with E-state index in [1.165, 1.54) is 10.9 Å². The van der Waals surface area contributed by atoms with Crippen molar-refractivity contribution in [1.82, 2.24) is 5.32 Å². The van der Waals surface area contributed by atoms with Crippen LogP contribution in [0, 0.1) is 12.7 Å². The summed E-state index contributed by atoms with van der Waals surface area (Å²) in [5.74, 6) is -1.88. The number of halogens is 1. The van der Waals surface area contributed by atoms with Crippen LogP contribution >= 0.6 is 11.3 Å². The van der Waals surface area contributed by atoms with E-state index < -0.39 is 17.6 Å². The van der Waals surface area contributed by atoms with Crippen molar-refractivity contribution >= 4 is 28.8 Å². The van der Waals surface area contributed by atoms with Crippen LogP contribution in [0.1, 0.15) is 36.1 Å². The molecule has 0 unspecified atom stereocenters. The fourth-order valence-corrected chi connectivity index (χ4v) is 4.32. The molecule has 3 rings (SSSR count). The monoisotopic (exact) mass is 360 g/mol. The lowest BCUT2D eigenvalue weighted by molar-refractivity contribution is -0.136. The van der Waals surface area contributed by atoms with Gasteiger partial charge in [0.1, 0.15) is 5.82 Å². The fraction of sp³-hybridized carbons (Fsp3) is 0.368. The second-order valence-corrected chi connectivity index (χ2v) is 7.51. The second-order valence-electron chi connectivity index (χ2n) is 6.57. The SMILES string of the molecule is Cc1ccc(NC(=O)C(=O)NCC2(c3cccs3)CCCC2)cc1F. The molecule has 0 spiro atoms. The normalized spacial score (nSPS) is 15.8. The van der Waals surface area contributed by atoms with Gasteiger partial charge >= 0.3 is 11.8 Å². The zero-order valence-corrected chi connectivity index (χ0v) is 14.9. The first-order valence-corrected chi connectivity index (χ1v) is 9.27. The molecule has 2 aromatic rings. The summed E-state index contributed by atoms with van der Waals surface area (Å²) in [6, 6.07) is 8.46. The minimum Gasteiger partial charge on any atom is -0.347 e. The van der Waals surface area contributed by atoms with Crippen molar-refractivity contribution in [1.29, 1.82) is 0 Å². The molecule has 25 heavy (non-hydrogen) atoms. The summed E-state index contributed by atoms with van der Waals surface area (Å²) in [5, 5.41) is 7.24. The molecule has 0 saturated heterocycles. The van der Waals surface area contributed by atoms with E-state index in [4.69, 9.17) is 0 Å². The van der Waals surface area contributed by atoms with Gasteiger partial charge in [-0.1, -0.05) is 25.0 Å². The van der Waals surface area contributed by atoms with Crippen LogP contribution < -0.4 is 10.6 Å². The second kappa shape index (κ2) is 7.35. The highest BCUT2D eigenvalue weighted by Crippen LogP contribution is 2.42. The predicted octanol–water partition coefficient (Wildman–Crippen LogP) is 3.76. The number of hydrogen-bond acceptors (Lipinski definition) is 3. The number of aryl methyl sites for hydroxylation is 1. The Kier molecular flexibility index (Phi) is 5.18. The van der Waals surface area contributed by atoms with E-state index in [1.54, 1.807) is 30.4 Å². The third-order valence-corrected chi connectivity index (χ3v) is 5.94. The van der Waals surface area contributed by atoms with Crippen LogP contribution in [0.25, 0.3) is 0 Å². The van der Waals surface area contributed by atoms with Gasteiger partial charge in [-0.15, -0.1) is 11.3 Å². The standard InChI is InChI=1S/C19H21FN2O2S/c1-13-6-7-14(11-15(13)20)22-18(24)17(23)21-12-19(8-2-3-9-19)16-5-4-10-25-16/h4-7,10-11H,2-3,8-9,12H2,1H3,(H,21,23)(H,22,24). The molecule has 1 aromatic carbocycles. The molecule has 0 atom stereocenters. The Morgan fingerprint density at radius 2 is 1.96 bits per heavy atom. The van der Waals surface area contributed by atoms with Crippen molar-refractivity contribution in [2.75, 3.05) is 11.9 Å². The first kappa shape index (κ1) is 17.6. The molecular formula is C19H21FN2O2S. The number of hydrogen-bond donors (Lipinski definition) is 2. The number of anilines is 1. The summed E-state index contributed by atoms with van der Waals surface area (Å²) >= 11 is 1.69. The van der Waals surface area contributed by atoms with Crippen molar-refractivity contribution < 1.29 is 14.0 Å². The topological polar surface area (TPSA) is 58.2 Å². The Balaban J connectivity index is 1.61. The molecule has 1 fully saturated rings. The smallest absolute Gasteiger partial charge is 0.313 e. The van der Waals surface area contributed by atoms with E-state index >= 15 is 0 Å². The van der Waals surface area contributed by atoms with Crippen molar-refractivity contribution in [3.05, 3.63) is 52.0 Å². The van der Waals surface area contributed by atoms with E-state index in [1.807, 2.05) is 11.4 Å². The van der Waals surface area contributed by atoms with E-state index in [0.717, 1.165) is 25.7 Å². The van der Waals surface area contributed by atoms with E-state index in [0.29, 0.717) is 12.1 Å². The minimum atomic E-state index is -0.775. The van der Waals surface area contributed by atoms with E-state index in [2.05, 4.69) is 16.7 Å². The Labute approximate surface area is 150 Å². The van der Waals surface area contributed by atoms with Crippen LogP contribution in [0.4, 0.5) is 10.1 Å². The molecule has 4 nitrogen and oxygen atoms in total. The molecule has 2 N–H and O–H groups in total. The van der Waals surface area contributed by atoms with Crippen molar-refractivity contribution in [2.24, 2.45) is 0 Å². The fourth-order valence-electron chi connectivity index (χ4n) is 3.33. The van der Waals surface area contributed by atoms with E-state index in [9.17, 15) is 14.0 Å². The lowest BCUT2D eigenvalue weighted by atomic mass is 9.84. The summed E-state index contributed by atoms with van der Waals surface area (Å²) in [4.78, 5) is 25.5. The average molecular weight is 360 g/mol. The number of nitrogens with one attached hydrogen (secondary N) is 2. The predicted molar refractivity (Wildman–Crippen MR) is 97.2 cm³/mol. The Morgan fingerprint density at radius 3 is 2.60 bits per heavy atom. The van der Waals surface area contributed by atoms with Gasteiger partial charge in [0.2, 0.25) is 0 Å². The average Bonchev–Trinajstić information content (AvgIpc) is 3.27. The molecule has 2 amide bonds. The Morgan fingerprint density at radius 1 is 1.20 bits per heavy atom. The van der Waals surface area contributed by atoms with Crippen molar-refractivity contribution in [3.8, 4) is 0 Å². The molecular weight excluding hydrogens is 339 g/mol. The molecule has 1 aliphatic rings. The lowest BCUT2D eigenvalue weighted by Gasteiger charge is -2.28. The van der Waals surface area contributed by atoms with Crippen LogP contribution in [0.15, 0.2) is 35.7 Å². The number of amides is 2. The molecule has 0 bridgehead atoms. The van der Waals surface area contributed by atoms with Crippen molar-refractivity contribution in [3.63, 3.8) is 0 Å². The maximum atomic E-state index is 13.5. The zero-order chi connectivity index (χ0) is 17.9. The zero-order valence-electron chi connectivity index (χ0n) is 14.1. The number of thiophene rings is 1. The molecule has 1 aromatic heterocycles.